The van der Waals surface area contributed by atoms with E-state index in [4.69, 9.17) is 0 Å². The zero-order chi connectivity index (χ0) is 13.8. The fraction of sp³-hybridized carbons (Fsp3) is 0.176. The van der Waals surface area contributed by atoms with Crippen molar-refractivity contribution >= 4 is 22.7 Å². The van der Waals surface area contributed by atoms with Crippen molar-refractivity contribution in [2.24, 2.45) is 0 Å². The lowest BCUT2D eigenvalue weighted by molar-refractivity contribution is 0.528. The summed E-state index contributed by atoms with van der Waals surface area (Å²) < 4.78 is 0. The van der Waals surface area contributed by atoms with Crippen LogP contribution in [0, 0.1) is 0 Å². The molecule has 20 heavy (non-hydrogen) atoms. The monoisotopic (exact) mass is 299 g/mol. The molecule has 0 aliphatic carbocycles. The van der Waals surface area contributed by atoms with E-state index in [9.17, 15) is 0 Å². The van der Waals surface area contributed by atoms with Gasteiger partial charge in [-0.3, -0.25) is 5.32 Å². The molecule has 0 fully saturated rings. The zero-order valence-corrected chi connectivity index (χ0v) is 13.0. The highest BCUT2D eigenvalue weighted by Crippen LogP contribution is 2.29. The Morgan fingerprint density at radius 2 is 1.45 bits per heavy atom. The Kier molecular flexibility index (Phi) is 4.31. The van der Waals surface area contributed by atoms with Crippen LogP contribution in [0.5, 0.6) is 0 Å². The SMILES string of the molecule is CC(NC(c1ccccc1)c1cccs1)c1cccs1. The normalized spacial score (nSPS) is 14.1. The lowest BCUT2D eigenvalue weighted by Gasteiger charge is -2.22. The molecule has 2 unspecified atom stereocenters. The van der Waals surface area contributed by atoms with E-state index in [1.54, 1.807) is 22.7 Å². The third kappa shape index (κ3) is 3.01. The highest BCUT2D eigenvalue weighted by molar-refractivity contribution is 7.10. The first-order valence-corrected chi connectivity index (χ1v) is 8.48. The van der Waals surface area contributed by atoms with Crippen molar-refractivity contribution in [3.8, 4) is 0 Å². The summed E-state index contributed by atoms with van der Waals surface area (Å²) in [6.45, 7) is 2.23. The van der Waals surface area contributed by atoms with Crippen LogP contribution in [-0.4, -0.2) is 0 Å². The van der Waals surface area contributed by atoms with Crippen LogP contribution >= 0.6 is 22.7 Å². The summed E-state index contributed by atoms with van der Waals surface area (Å²) in [6, 6.07) is 19.9. The summed E-state index contributed by atoms with van der Waals surface area (Å²) in [7, 11) is 0. The van der Waals surface area contributed by atoms with E-state index in [-0.39, 0.29) is 6.04 Å². The fourth-order valence-electron chi connectivity index (χ4n) is 2.31. The van der Waals surface area contributed by atoms with Gasteiger partial charge in [0.1, 0.15) is 0 Å². The topological polar surface area (TPSA) is 12.0 Å². The average molecular weight is 299 g/mol. The molecule has 0 saturated carbocycles. The molecule has 0 bridgehead atoms. The lowest BCUT2D eigenvalue weighted by Crippen LogP contribution is -2.24. The Hall–Kier alpha value is -1.42. The van der Waals surface area contributed by atoms with Crippen LogP contribution in [0.2, 0.25) is 0 Å². The molecular weight excluding hydrogens is 282 g/mol. The third-order valence-corrected chi connectivity index (χ3v) is 5.34. The van der Waals surface area contributed by atoms with Gasteiger partial charge in [0.15, 0.2) is 0 Å². The van der Waals surface area contributed by atoms with E-state index in [2.05, 4.69) is 77.6 Å². The molecule has 1 N–H and O–H groups in total. The van der Waals surface area contributed by atoms with Gasteiger partial charge in [0, 0.05) is 15.8 Å². The largest absolute Gasteiger partial charge is 0.298 e. The molecule has 1 nitrogen and oxygen atoms in total. The molecule has 2 aromatic heterocycles. The smallest absolute Gasteiger partial charge is 0.0675 e. The Morgan fingerprint density at radius 1 is 0.800 bits per heavy atom. The molecule has 3 rings (SSSR count). The van der Waals surface area contributed by atoms with Gasteiger partial charge in [-0.2, -0.15) is 0 Å². The number of hydrogen-bond acceptors (Lipinski definition) is 3. The summed E-state index contributed by atoms with van der Waals surface area (Å²) in [4.78, 5) is 2.74. The zero-order valence-electron chi connectivity index (χ0n) is 11.3. The van der Waals surface area contributed by atoms with Gasteiger partial charge < -0.3 is 0 Å². The molecule has 0 spiro atoms. The predicted octanol–water partition coefficient (Wildman–Crippen LogP) is 5.25. The average Bonchev–Trinajstić information content (AvgIpc) is 3.18. The minimum Gasteiger partial charge on any atom is -0.298 e. The number of benzene rings is 1. The first-order valence-electron chi connectivity index (χ1n) is 6.72. The van der Waals surface area contributed by atoms with E-state index in [1.807, 2.05) is 0 Å². The number of thiophene rings is 2. The molecule has 1 aromatic carbocycles. The van der Waals surface area contributed by atoms with Crippen molar-refractivity contribution < 1.29 is 0 Å². The molecule has 102 valence electrons. The van der Waals surface area contributed by atoms with Gasteiger partial charge in [0.05, 0.1) is 6.04 Å². The number of nitrogens with one attached hydrogen (secondary N) is 1. The molecule has 0 aliphatic heterocycles. The van der Waals surface area contributed by atoms with Crippen molar-refractivity contribution in [3.05, 3.63) is 80.7 Å². The highest BCUT2D eigenvalue weighted by atomic mass is 32.1. The van der Waals surface area contributed by atoms with Crippen LogP contribution in [0.4, 0.5) is 0 Å². The van der Waals surface area contributed by atoms with E-state index in [1.165, 1.54) is 15.3 Å². The third-order valence-electron chi connectivity index (χ3n) is 3.35. The standard InChI is InChI=1S/C17H17NS2/c1-13(15-9-5-11-19-15)18-17(16-10-6-12-20-16)14-7-3-2-4-8-14/h2-13,17-18H,1H3. The van der Waals surface area contributed by atoms with Gasteiger partial charge in [0.2, 0.25) is 0 Å². The molecular formula is C17H17NS2. The minimum atomic E-state index is 0.258. The maximum absolute atomic E-state index is 3.76. The van der Waals surface area contributed by atoms with Crippen LogP contribution in [0.15, 0.2) is 65.4 Å². The Bertz CT molecular complexity index is 614. The molecule has 3 heteroatoms. The van der Waals surface area contributed by atoms with Crippen molar-refractivity contribution in [2.45, 2.75) is 19.0 Å². The summed E-state index contributed by atoms with van der Waals surface area (Å²) in [5.74, 6) is 0. The first-order chi connectivity index (χ1) is 9.84. The Balaban J connectivity index is 1.87. The molecule has 0 aliphatic rings. The first kappa shape index (κ1) is 13.6. The van der Waals surface area contributed by atoms with E-state index < -0.39 is 0 Å². The van der Waals surface area contributed by atoms with Crippen LogP contribution in [0.3, 0.4) is 0 Å². The van der Waals surface area contributed by atoms with E-state index in [0.717, 1.165) is 0 Å². The maximum atomic E-state index is 3.76. The Morgan fingerprint density at radius 3 is 2.05 bits per heavy atom. The predicted molar refractivity (Wildman–Crippen MR) is 88.5 cm³/mol. The minimum absolute atomic E-state index is 0.258. The highest BCUT2D eigenvalue weighted by Gasteiger charge is 2.18. The quantitative estimate of drug-likeness (QED) is 0.678. The second-order valence-electron chi connectivity index (χ2n) is 4.76. The molecule has 0 amide bonds. The number of rotatable bonds is 5. The van der Waals surface area contributed by atoms with Gasteiger partial charge in [-0.15, -0.1) is 22.7 Å². The summed E-state index contributed by atoms with van der Waals surface area (Å²) >= 11 is 3.61. The fourth-order valence-corrected chi connectivity index (χ4v) is 3.87. The van der Waals surface area contributed by atoms with Gasteiger partial charge in [-0.1, -0.05) is 42.5 Å². The molecule has 3 aromatic rings. The van der Waals surface area contributed by atoms with Crippen molar-refractivity contribution in [2.75, 3.05) is 0 Å². The summed E-state index contributed by atoms with van der Waals surface area (Å²) in [5, 5.41) is 8.04. The van der Waals surface area contributed by atoms with Crippen LogP contribution in [0.25, 0.3) is 0 Å². The number of hydrogen-bond donors (Lipinski definition) is 1. The molecule has 2 atom stereocenters. The summed E-state index contributed by atoms with van der Waals surface area (Å²) in [6.07, 6.45) is 0. The van der Waals surface area contributed by atoms with Gasteiger partial charge in [-0.05, 0) is 35.4 Å². The summed E-state index contributed by atoms with van der Waals surface area (Å²) in [5.41, 5.74) is 1.32. The van der Waals surface area contributed by atoms with E-state index >= 15 is 0 Å². The maximum Gasteiger partial charge on any atom is 0.0675 e. The van der Waals surface area contributed by atoms with Crippen molar-refractivity contribution in [1.82, 2.24) is 5.32 Å². The lowest BCUT2D eigenvalue weighted by atomic mass is 10.0. The van der Waals surface area contributed by atoms with Gasteiger partial charge >= 0.3 is 0 Å². The van der Waals surface area contributed by atoms with Gasteiger partial charge in [-0.25, -0.2) is 0 Å². The van der Waals surface area contributed by atoms with Gasteiger partial charge in [0.25, 0.3) is 0 Å². The second kappa shape index (κ2) is 6.35. The molecule has 0 saturated heterocycles. The van der Waals surface area contributed by atoms with Crippen LogP contribution in [-0.2, 0) is 0 Å². The second-order valence-corrected chi connectivity index (χ2v) is 6.72. The van der Waals surface area contributed by atoms with E-state index in [0.29, 0.717) is 6.04 Å². The van der Waals surface area contributed by atoms with Crippen LogP contribution < -0.4 is 5.32 Å². The Labute approximate surface area is 127 Å². The molecule has 0 radical (unpaired) electrons. The van der Waals surface area contributed by atoms with Crippen molar-refractivity contribution in [3.63, 3.8) is 0 Å². The van der Waals surface area contributed by atoms with Crippen molar-refractivity contribution in [1.29, 1.82) is 0 Å². The van der Waals surface area contributed by atoms with Crippen LogP contribution in [0.1, 0.15) is 34.3 Å². The molecule has 2 heterocycles.